The van der Waals surface area contributed by atoms with Crippen LogP contribution in [0.1, 0.15) is 25.8 Å². The highest BCUT2D eigenvalue weighted by atomic mass is 16.5. The zero-order valence-electron chi connectivity index (χ0n) is 11.2. The van der Waals surface area contributed by atoms with Gasteiger partial charge in [-0.3, -0.25) is 9.59 Å². The summed E-state index contributed by atoms with van der Waals surface area (Å²) in [5.41, 5.74) is 5.38. The van der Waals surface area contributed by atoms with E-state index in [0.717, 1.165) is 5.56 Å². The second-order valence-electron chi connectivity index (χ2n) is 4.38. The molecule has 0 saturated carbocycles. The molecule has 1 atom stereocenters. The highest BCUT2D eigenvalue weighted by Crippen LogP contribution is 2.30. The van der Waals surface area contributed by atoms with E-state index in [0.29, 0.717) is 5.69 Å². The molecule has 0 fully saturated rings. The van der Waals surface area contributed by atoms with Crippen LogP contribution in [0.2, 0.25) is 0 Å². The Hall–Kier alpha value is -2.04. The van der Waals surface area contributed by atoms with E-state index < -0.39 is 17.4 Å². The molecule has 0 amide bonds. The van der Waals surface area contributed by atoms with E-state index in [2.05, 4.69) is 0 Å². The minimum Gasteiger partial charge on any atom is -0.480 e. The predicted octanol–water partition coefficient (Wildman–Crippen LogP) is 1.86. The summed E-state index contributed by atoms with van der Waals surface area (Å²) in [7, 11) is 0. The fourth-order valence-electron chi connectivity index (χ4n) is 1.91. The van der Waals surface area contributed by atoms with Gasteiger partial charge in [-0.1, -0.05) is 19.1 Å². The Balaban J connectivity index is 3.06. The first-order valence-electron chi connectivity index (χ1n) is 6.21. The van der Waals surface area contributed by atoms with Crippen molar-refractivity contribution >= 4 is 17.6 Å². The van der Waals surface area contributed by atoms with Gasteiger partial charge in [0.2, 0.25) is 0 Å². The molecule has 1 aromatic rings. The molecular weight excluding hydrogens is 246 g/mol. The molecule has 0 heterocycles. The summed E-state index contributed by atoms with van der Waals surface area (Å²) in [6, 6.07) is 6.81. The van der Waals surface area contributed by atoms with Gasteiger partial charge in [0.1, 0.15) is 0 Å². The third-order valence-electron chi connectivity index (χ3n) is 3.16. The SMILES string of the molecule is CCOC(=O)C(CC)(Cc1ccc(N)cc1)C(=O)O. The topological polar surface area (TPSA) is 89.6 Å². The van der Waals surface area contributed by atoms with Crippen molar-refractivity contribution in [1.29, 1.82) is 0 Å². The second kappa shape index (κ2) is 6.22. The van der Waals surface area contributed by atoms with Gasteiger partial charge in [-0.25, -0.2) is 0 Å². The standard InChI is InChI=1S/C14H19NO4/c1-3-14(12(16)17,13(18)19-4-2)9-10-5-7-11(15)8-6-10/h5-8H,3-4,9,15H2,1-2H3,(H,16,17). The average molecular weight is 265 g/mol. The van der Waals surface area contributed by atoms with Crippen LogP contribution in [0.5, 0.6) is 0 Å². The molecular formula is C14H19NO4. The normalized spacial score (nSPS) is 13.6. The van der Waals surface area contributed by atoms with Crippen molar-refractivity contribution in [3.05, 3.63) is 29.8 Å². The summed E-state index contributed by atoms with van der Waals surface area (Å²) in [5, 5.41) is 9.41. The molecule has 0 aliphatic rings. The molecule has 3 N–H and O–H groups in total. The molecule has 0 spiro atoms. The number of aliphatic carboxylic acids is 1. The number of hydrogen-bond donors (Lipinski definition) is 2. The van der Waals surface area contributed by atoms with Gasteiger partial charge < -0.3 is 15.6 Å². The van der Waals surface area contributed by atoms with Crippen molar-refractivity contribution in [2.24, 2.45) is 5.41 Å². The van der Waals surface area contributed by atoms with E-state index in [4.69, 9.17) is 10.5 Å². The lowest BCUT2D eigenvalue weighted by Crippen LogP contribution is -2.42. The number of carbonyl (C=O) groups is 2. The van der Waals surface area contributed by atoms with Crippen molar-refractivity contribution in [2.75, 3.05) is 12.3 Å². The quantitative estimate of drug-likeness (QED) is 0.465. The Labute approximate surface area is 112 Å². The van der Waals surface area contributed by atoms with E-state index in [1.807, 2.05) is 0 Å². The Bertz CT molecular complexity index is 455. The summed E-state index contributed by atoms with van der Waals surface area (Å²) in [6.45, 7) is 3.49. The monoisotopic (exact) mass is 265 g/mol. The molecule has 19 heavy (non-hydrogen) atoms. The number of nitrogen functional groups attached to an aromatic ring is 1. The molecule has 0 aliphatic heterocycles. The van der Waals surface area contributed by atoms with Gasteiger partial charge >= 0.3 is 11.9 Å². The van der Waals surface area contributed by atoms with Crippen LogP contribution in [-0.2, 0) is 20.7 Å². The van der Waals surface area contributed by atoms with Crippen LogP contribution in [0.3, 0.4) is 0 Å². The number of carboxylic acids is 1. The van der Waals surface area contributed by atoms with Crippen LogP contribution >= 0.6 is 0 Å². The van der Waals surface area contributed by atoms with E-state index in [-0.39, 0.29) is 19.4 Å². The third kappa shape index (κ3) is 3.24. The lowest BCUT2D eigenvalue weighted by Gasteiger charge is -2.25. The number of rotatable bonds is 6. The van der Waals surface area contributed by atoms with Crippen LogP contribution in [0, 0.1) is 5.41 Å². The molecule has 0 radical (unpaired) electrons. The van der Waals surface area contributed by atoms with Crippen molar-refractivity contribution in [3.8, 4) is 0 Å². The zero-order chi connectivity index (χ0) is 14.5. The Morgan fingerprint density at radius 2 is 1.84 bits per heavy atom. The molecule has 1 unspecified atom stereocenters. The first kappa shape index (κ1) is 15.0. The molecule has 0 saturated heterocycles. The summed E-state index contributed by atoms with van der Waals surface area (Å²) < 4.78 is 4.91. The van der Waals surface area contributed by atoms with E-state index in [9.17, 15) is 14.7 Å². The van der Waals surface area contributed by atoms with Crippen LogP contribution in [0.25, 0.3) is 0 Å². The lowest BCUT2D eigenvalue weighted by molar-refractivity contribution is -0.168. The minimum atomic E-state index is -1.54. The number of carboxylic acid groups (broad SMARTS) is 1. The van der Waals surface area contributed by atoms with Gasteiger partial charge in [-0.2, -0.15) is 0 Å². The number of ether oxygens (including phenoxy) is 1. The third-order valence-corrected chi connectivity index (χ3v) is 3.16. The maximum Gasteiger partial charge on any atom is 0.323 e. The van der Waals surface area contributed by atoms with Gasteiger partial charge in [-0.05, 0) is 37.5 Å². The van der Waals surface area contributed by atoms with E-state index in [1.54, 1.807) is 38.1 Å². The van der Waals surface area contributed by atoms with Crippen molar-refractivity contribution in [1.82, 2.24) is 0 Å². The zero-order valence-corrected chi connectivity index (χ0v) is 11.2. The summed E-state index contributed by atoms with van der Waals surface area (Å²) in [4.78, 5) is 23.5. The van der Waals surface area contributed by atoms with E-state index >= 15 is 0 Å². The first-order chi connectivity index (χ1) is 8.96. The Kier molecular flexibility index (Phi) is 4.92. The van der Waals surface area contributed by atoms with Crippen LogP contribution in [-0.4, -0.2) is 23.7 Å². The predicted molar refractivity (Wildman–Crippen MR) is 71.6 cm³/mol. The van der Waals surface area contributed by atoms with Gasteiger partial charge in [0.05, 0.1) is 6.61 Å². The van der Waals surface area contributed by atoms with Crippen molar-refractivity contribution in [3.63, 3.8) is 0 Å². The molecule has 0 aromatic heterocycles. The maximum absolute atomic E-state index is 12.0. The molecule has 5 nitrogen and oxygen atoms in total. The fourth-order valence-corrected chi connectivity index (χ4v) is 1.91. The average Bonchev–Trinajstić information content (AvgIpc) is 2.38. The highest BCUT2D eigenvalue weighted by molar-refractivity contribution is 5.99. The first-order valence-corrected chi connectivity index (χ1v) is 6.21. The largest absolute Gasteiger partial charge is 0.480 e. The molecule has 104 valence electrons. The van der Waals surface area contributed by atoms with Gasteiger partial charge in [0, 0.05) is 5.69 Å². The summed E-state index contributed by atoms with van der Waals surface area (Å²) >= 11 is 0. The molecule has 0 aliphatic carbocycles. The summed E-state index contributed by atoms with van der Waals surface area (Å²) in [5.74, 6) is -1.85. The van der Waals surface area contributed by atoms with Gasteiger partial charge in [-0.15, -0.1) is 0 Å². The van der Waals surface area contributed by atoms with Crippen LogP contribution < -0.4 is 5.73 Å². The smallest absolute Gasteiger partial charge is 0.323 e. The number of benzene rings is 1. The molecule has 1 aromatic carbocycles. The Morgan fingerprint density at radius 1 is 1.26 bits per heavy atom. The number of hydrogen-bond acceptors (Lipinski definition) is 4. The molecule has 1 rings (SSSR count). The van der Waals surface area contributed by atoms with Crippen molar-refractivity contribution in [2.45, 2.75) is 26.7 Å². The van der Waals surface area contributed by atoms with Crippen LogP contribution in [0.4, 0.5) is 5.69 Å². The summed E-state index contributed by atoms with van der Waals surface area (Å²) in [6.07, 6.45) is 0.267. The van der Waals surface area contributed by atoms with Crippen molar-refractivity contribution < 1.29 is 19.4 Å². The number of anilines is 1. The maximum atomic E-state index is 12.0. The lowest BCUT2D eigenvalue weighted by atomic mass is 9.79. The molecule has 5 heteroatoms. The number of nitrogens with two attached hydrogens (primary N) is 1. The second-order valence-corrected chi connectivity index (χ2v) is 4.38. The van der Waals surface area contributed by atoms with E-state index in [1.165, 1.54) is 0 Å². The number of esters is 1. The highest BCUT2D eigenvalue weighted by Gasteiger charge is 2.46. The van der Waals surface area contributed by atoms with Gasteiger partial charge in [0.25, 0.3) is 0 Å². The Morgan fingerprint density at radius 3 is 2.26 bits per heavy atom. The minimum absolute atomic E-state index is 0.0952. The van der Waals surface area contributed by atoms with Crippen LogP contribution in [0.15, 0.2) is 24.3 Å². The molecule has 0 bridgehead atoms. The fraction of sp³-hybridized carbons (Fsp3) is 0.429. The number of carbonyl (C=O) groups excluding carboxylic acids is 1. The van der Waals surface area contributed by atoms with Gasteiger partial charge in [0.15, 0.2) is 5.41 Å².